The molecule has 6 aromatic rings. The molecule has 0 unspecified atom stereocenters. The third kappa shape index (κ3) is 6.76. The molecule has 211 valence electrons. The monoisotopic (exact) mass is 733 g/mol. The van der Waals surface area contributed by atoms with Crippen molar-refractivity contribution in [3.8, 4) is 22.5 Å². The molecule has 1 radical (unpaired) electrons. The first kappa shape index (κ1) is 30.6. The summed E-state index contributed by atoms with van der Waals surface area (Å²) >= 11 is 0. The molecule has 0 atom stereocenters. The van der Waals surface area contributed by atoms with Gasteiger partial charge >= 0.3 is 0 Å². The van der Waals surface area contributed by atoms with Gasteiger partial charge in [-0.05, 0) is 47.5 Å². The first-order valence-electron chi connectivity index (χ1n) is 13.8. The minimum Gasteiger partial charge on any atom is -0.501 e. The Balaban J connectivity index is 0.000000233. The number of aromatic nitrogens is 2. The van der Waals surface area contributed by atoms with Crippen LogP contribution in [0.4, 0.5) is 0 Å². The Morgan fingerprint density at radius 1 is 0.805 bits per heavy atom. The second-order valence-electron chi connectivity index (χ2n) is 12.3. The van der Waals surface area contributed by atoms with Gasteiger partial charge in [0.25, 0.3) is 0 Å². The van der Waals surface area contributed by atoms with E-state index in [0.717, 1.165) is 33.7 Å². The number of hydrogen-bond donors (Lipinski definition) is 0. The number of rotatable bonds is 3. The maximum atomic E-state index is 6.35. The summed E-state index contributed by atoms with van der Waals surface area (Å²) < 4.78 is 6.35. The van der Waals surface area contributed by atoms with Crippen LogP contribution in [0.1, 0.15) is 31.9 Å². The van der Waals surface area contributed by atoms with Crippen molar-refractivity contribution < 1.29 is 24.5 Å². The van der Waals surface area contributed by atoms with Gasteiger partial charge in [-0.15, -0.1) is 53.2 Å². The van der Waals surface area contributed by atoms with Gasteiger partial charge < -0.3 is 14.4 Å². The Hall–Kier alpha value is -3.37. The van der Waals surface area contributed by atoms with Gasteiger partial charge in [0.2, 0.25) is 0 Å². The second-order valence-corrected chi connectivity index (χ2v) is 17.3. The average molecular weight is 733 g/mol. The predicted octanol–water partition coefficient (Wildman–Crippen LogP) is 9.15. The van der Waals surface area contributed by atoms with Crippen molar-refractivity contribution >= 4 is 35.2 Å². The van der Waals surface area contributed by atoms with Gasteiger partial charge in [0.05, 0.1) is 5.58 Å². The molecule has 3 nitrogen and oxygen atoms in total. The zero-order chi connectivity index (χ0) is 28.5. The van der Waals surface area contributed by atoms with E-state index < -0.39 is 8.07 Å². The number of benzene rings is 3. The van der Waals surface area contributed by atoms with Crippen molar-refractivity contribution in [2.75, 3.05) is 0 Å². The van der Waals surface area contributed by atoms with Gasteiger partial charge in [0.1, 0.15) is 5.58 Å². The van der Waals surface area contributed by atoms with E-state index in [1.54, 1.807) is 0 Å². The number of nitrogens with zero attached hydrogens (tertiary/aromatic N) is 2. The number of aryl methyl sites for hydroxylation is 1. The molecule has 3 heterocycles. The van der Waals surface area contributed by atoms with Crippen LogP contribution >= 0.6 is 0 Å². The van der Waals surface area contributed by atoms with Gasteiger partial charge in [-0.3, -0.25) is 0 Å². The number of pyridine rings is 2. The quantitative estimate of drug-likeness (QED) is 0.135. The van der Waals surface area contributed by atoms with Gasteiger partial charge in [-0.2, -0.15) is 0 Å². The van der Waals surface area contributed by atoms with Gasteiger partial charge in [-0.25, -0.2) is 0 Å². The summed E-state index contributed by atoms with van der Waals surface area (Å²) in [5, 5.41) is 3.81. The Bertz CT molecular complexity index is 1780. The zero-order valence-corrected chi connectivity index (χ0v) is 28.2. The first-order valence-corrected chi connectivity index (χ1v) is 17.3. The third-order valence-corrected chi connectivity index (χ3v) is 9.05. The molecule has 5 heteroatoms. The number of para-hydroxylation sites is 1. The number of furan rings is 1. The first-order chi connectivity index (χ1) is 19.0. The molecule has 0 bridgehead atoms. The van der Waals surface area contributed by atoms with Crippen LogP contribution in [0.25, 0.3) is 44.5 Å². The Kier molecular flexibility index (Phi) is 9.13. The SMILES string of the molecule is CC(C)(C)c1ccnc(-c2[c-]cc([Si](C)(C)C)c3c2oc2ccccc23)c1.Cc1ccnc(-c2[c-]cccc2)c1.[Ir]. The summed E-state index contributed by atoms with van der Waals surface area (Å²) in [6.45, 7) is 15.8. The van der Waals surface area contributed by atoms with E-state index in [1.165, 1.54) is 27.1 Å². The molecule has 0 saturated carbocycles. The fourth-order valence-corrected chi connectivity index (χ4v) is 6.33. The van der Waals surface area contributed by atoms with Crippen LogP contribution < -0.4 is 5.19 Å². The molecular weight excluding hydrogens is 697 g/mol. The Morgan fingerprint density at radius 3 is 2.20 bits per heavy atom. The van der Waals surface area contributed by atoms with E-state index in [1.807, 2.05) is 54.9 Å². The molecule has 0 spiro atoms. The maximum Gasteiger partial charge on any atom is 0.120 e. The van der Waals surface area contributed by atoms with Crippen LogP contribution in [0.2, 0.25) is 19.6 Å². The molecule has 6 rings (SSSR count). The van der Waals surface area contributed by atoms with Crippen molar-refractivity contribution in [3.63, 3.8) is 0 Å². The fourth-order valence-electron chi connectivity index (χ4n) is 4.82. The van der Waals surface area contributed by atoms with E-state index in [4.69, 9.17) is 4.42 Å². The van der Waals surface area contributed by atoms with Crippen molar-refractivity contribution in [1.29, 1.82) is 0 Å². The number of hydrogen-bond acceptors (Lipinski definition) is 3. The van der Waals surface area contributed by atoms with Crippen molar-refractivity contribution in [1.82, 2.24) is 9.97 Å². The van der Waals surface area contributed by atoms with Gasteiger partial charge in [0.15, 0.2) is 0 Å². The molecule has 0 aliphatic carbocycles. The van der Waals surface area contributed by atoms with E-state index in [-0.39, 0.29) is 25.5 Å². The van der Waals surface area contributed by atoms with E-state index >= 15 is 0 Å². The molecule has 3 aromatic carbocycles. The summed E-state index contributed by atoms with van der Waals surface area (Å²) in [5.41, 5.74) is 8.31. The minimum atomic E-state index is -1.56. The molecule has 41 heavy (non-hydrogen) atoms. The fraction of sp³-hybridized carbons (Fsp3) is 0.222. The smallest absolute Gasteiger partial charge is 0.120 e. The van der Waals surface area contributed by atoms with E-state index in [9.17, 15) is 0 Å². The van der Waals surface area contributed by atoms with Crippen LogP contribution in [0, 0.1) is 19.1 Å². The van der Waals surface area contributed by atoms with Crippen molar-refractivity contribution in [2.45, 2.75) is 52.8 Å². The average Bonchev–Trinajstić information content (AvgIpc) is 3.32. The van der Waals surface area contributed by atoms with Crippen LogP contribution in [-0.2, 0) is 25.5 Å². The Morgan fingerprint density at radius 2 is 1.51 bits per heavy atom. The Labute approximate surface area is 258 Å². The summed E-state index contributed by atoms with van der Waals surface area (Å²) in [4.78, 5) is 8.93. The van der Waals surface area contributed by atoms with E-state index in [2.05, 4.69) is 106 Å². The summed E-state index contributed by atoms with van der Waals surface area (Å²) in [7, 11) is -1.56. The largest absolute Gasteiger partial charge is 0.501 e. The molecule has 0 saturated heterocycles. The molecular formula is C36H36IrN2OSi-2. The van der Waals surface area contributed by atoms with Crippen LogP contribution in [0.3, 0.4) is 0 Å². The maximum absolute atomic E-state index is 6.35. The number of fused-ring (bicyclic) bond motifs is 3. The molecule has 0 aliphatic heterocycles. The molecule has 0 fully saturated rings. The van der Waals surface area contributed by atoms with Gasteiger partial charge in [-0.1, -0.05) is 87.3 Å². The predicted molar refractivity (Wildman–Crippen MR) is 171 cm³/mol. The molecule has 0 aliphatic rings. The van der Waals surface area contributed by atoms with Crippen LogP contribution in [0.15, 0.2) is 95.7 Å². The minimum absolute atomic E-state index is 0. The molecule has 0 N–H and O–H groups in total. The summed E-state index contributed by atoms with van der Waals surface area (Å²) in [5.74, 6) is 0. The topological polar surface area (TPSA) is 38.9 Å². The van der Waals surface area contributed by atoms with E-state index in [0.29, 0.717) is 0 Å². The third-order valence-electron chi connectivity index (χ3n) is 7.04. The molecule has 0 amide bonds. The van der Waals surface area contributed by atoms with Crippen molar-refractivity contribution in [3.05, 3.63) is 115 Å². The summed E-state index contributed by atoms with van der Waals surface area (Å²) in [6.07, 6.45) is 3.72. The normalized spacial score (nSPS) is 11.6. The van der Waals surface area contributed by atoms with Crippen LogP contribution in [-0.4, -0.2) is 18.0 Å². The van der Waals surface area contributed by atoms with Crippen LogP contribution in [0.5, 0.6) is 0 Å². The standard InChI is InChI=1S/C24H26NOSi.C12H10N.Ir/c1-24(2,3)16-13-14-25-19(15-16)17-11-12-21(27(4,5)6)22-18-9-7-8-10-20(18)26-23(17)22;1-10-7-8-13-12(9-10)11-5-3-2-4-6-11;/h7-10,12-15H,1-6H3;2-5,7-9H,1H3;/q2*-1;. The summed E-state index contributed by atoms with van der Waals surface area (Å²) in [6, 6.07) is 33.4. The second kappa shape index (κ2) is 12.2. The van der Waals surface area contributed by atoms with Gasteiger partial charge in [0, 0.05) is 46.0 Å². The zero-order valence-electron chi connectivity index (χ0n) is 24.8. The van der Waals surface area contributed by atoms with Crippen molar-refractivity contribution in [2.24, 2.45) is 0 Å². The molecule has 3 aromatic heterocycles.